The average molecular weight is 472 g/mol. The quantitative estimate of drug-likeness (QED) is 0.574. The number of amides is 2. The summed E-state index contributed by atoms with van der Waals surface area (Å²) in [5.74, 6) is -1.30. The fraction of sp³-hybridized carbons (Fsp3) is 0.391. The van der Waals surface area contributed by atoms with Gasteiger partial charge in [0.25, 0.3) is 11.8 Å². The minimum atomic E-state index is -3.26. The number of carbonyl (C=O) groups is 2. The number of aliphatic hydroxyl groups is 1. The number of β-amino-alcohol motifs (C(OH)–C–C–N with tert-alkyl or cyclic N) is 1. The Labute approximate surface area is 191 Å². The molecule has 2 aromatic rings. The number of benzene rings is 2. The highest BCUT2D eigenvalue weighted by molar-refractivity contribution is 7.93. The van der Waals surface area contributed by atoms with Gasteiger partial charge in [-0.25, -0.2) is 8.42 Å². The summed E-state index contributed by atoms with van der Waals surface area (Å²) in [5, 5.41) is 15.8. The van der Waals surface area contributed by atoms with Crippen LogP contribution < -0.4 is 15.4 Å². The Morgan fingerprint density at radius 2 is 1.97 bits per heavy atom. The fourth-order valence-electron chi connectivity index (χ4n) is 4.59. The molecule has 3 aliphatic rings. The van der Waals surface area contributed by atoms with E-state index in [9.17, 15) is 23.1 Å². The Balaban J connectivity index is 1.16. The van der Waals surface area contributed by atoms with Crippen molar-refractivity contribution in [3.05, 3.63) is 59.2 Å². The first-order valence-corrected chi connectivity index (χ1v) is 12.7. The van der Waals surface area contributed by atoms with Crippen molar-refractivity contribution in [2.75, 3.05) is 36.5 Å². The Morgan fingerprint density at radius 3 is 2.73 bits per heavy atom. The maximum absolute atomic E-state index is 12.6. The van der Waals surface area contributed by atoms with Crippen LogP contribution in [-0.4, -0.2) is 73.1 Å². The highest BCUT2D eigenvalue weighted by Gasteiger charge is 2.58. The molecular formula is C23H25N3O6S. The Kier molecular flexibility index (Phi) is 5.38. The minimum Gasteiger partial charge on any atom is -0.473 e. The lowest BCUT2D eigenvalue weighted by atomic mass is 10.00. The van der Waals surface area contributed by atoms with Crippen molar-refractivity contribution < 1.29 is 27.9 Å². The second-order valence-corrected chi connectivity index (χ2v) is 11.0. The van der Waals surface area contributed by atoms with Crippen LogP contribution >= 0.6 is 0 Å². The second-order valence-electron chi connectivity index (χ2n) is 8.91. The molecule has 5 rings (SSSR count). The van der Waals surface area contributed by atoms with E-state index in [2.05, 4.69) is 27.7 Å². The number of fused-ring (bicyclic) bond motifs is 2. The molecule has 3 N–H and O–H groups in total. The molecule has 10 heteroatoms. The lowest BCUT2D eigenvalue weighted by molar-refractivity contribution is -0.130. The first-order chi connectivity index (χ1) is 15.7. The minimum absolute atomic E-state index is 0.0951. The standard InChI is InChI=1S/C23H25N3O6S/c27-18(12-26-8-7-15-3-1-2-4-17(15)11-26)10-24-21(28)16-5-6-20-19(9-16)25-22(29)23(32-20)13-33(30,31)14-23/h1-6,9,18,27H,7-8,10-14H2,(H,24,28)(H,25,29)/t18-/m0/s1. The third-order valence-electron chi connectivity index (χ3n) is 6.29. The molecule has 1 fully saturated rings. The normalized spacial score (nSPS) is 21.1. The van der Waals surface area contributed by atoms with Crippen LogP contribution in [-0.2, 0) is 27.6 Å². The smallest absolute Gasteiger partial charge is 0.270 e. The molecule has 174 valence electrons. The van der Waals surface area contributed by atoms with Gasteiger partial charge in [0.1, 0.15) is 17.3 Å². The summed E-state index contributed by atoms with van der Waals surface area (Å²) >= 11 is 0. The maximum Gasteiger partial charge on any atom is 0.270 e. The number of carbonyl (C=O) groups excluding carboxylic acids is 2. The van der Waals surface area contributed by atoms with Crippen LogP contribution in [0.15, 0.2) is 42.5 Å². The molecule has 1 saturated heterocycles. The van der Waals surface area contributed by atoms with Gasteiger partial charge in [0, 0.05) is 31.7 Å². The predicted octanol–water partition coefficient (Wildman–Crippen LogP) is 0.334. The zero-order valence-corrected chi connectivity index (χ0v) is 18.7. The van der Waals surface area contributed by atoms with Gasteiger partial charge in [0.05, 0.1) is 11.8 Å². The molecule has 0 saturated carbocycles. The van der Waals surface area contributed by atoms with Crippen molar-refractivity contribution in [2.24, 2.45) is 0 Å². The van der Waals surface area contributed by atoms with E-state index in [1.807, 2.05) is 12.1 Å². The summed E-state index contributed by atoms with van der Waals surface area (Å²) in [5.41, 5.74) is 1.84. The highest BCUT2D eigenvalue weighted by Crippen LogP contribution is 2.39. The van der Waals surface area contributed by atoms with E-state index in [1.165, 1.54) is 23.3 Å². The summed E-state index contributed by atoms with van der Waals surface area (Å²) in [4.78, 5) is 27.1. The highest BCUT2D eigenvalue weighted by atomic mass is 32.2. The number of aliphatic hydroxyl groups excluding tert-OH is 1. The molecule has 2 amide bonds. The number of nitrogens with one attached hydrogen (secondary N) is 2. The molecular weight excluding hydrogens is 446 g/mol. The molecule has 3 aliphatic heterocycles. The summed E-state index contributed by atoms with van der Waals surface area (Å²) in [6, 6.07) is 12.8. The summed E-state index contributed by atoms with van der Waals surface area (Å²) in [6.07, 6.45) is 0.214. The van der Waals surface area contributed by atoms with Crippen molar-refractivity contribution in [2.45, 2.75) is 24.7 Å². The Morgan fingerprint density at radius 1 is 1.21 bits per heavy atom. The van der Waals surface area contributed by atoms with Crippen LogP contribution in [0.2, 0.25) is 0 Å². The molecule has 0 radical (unpaired) electrons. The van der Waals surface area contributed by atoms with Gasteiger partial charge >= 0.3 is 0 Å². The molecule has 1 atom stereocenters. The molecule has 2 aromatic carbocycles. The SMILES string of the molecule is O=C(NC[C@H](O)CN1CCc2ccccc2C1)c1ccc2c(c1)NC(=O)C1(CS(=O)(=O)C1)O2. The van der Waals surface area contributed by atoms with Crippen LogP contribution in [0.25, 0.3) is 0 Å². The monoisotopic (exact) mass is 471 g/mol. The van der Waals surface area contributed by atoms with Gasteiger partial charge in [-0.15, -0.1) is 0 Å². The third kappa shape index (κ3) is 4.33. The van der Waals surface area contributed by atoms with Gasteiger partial charge < -0.3 is 20.5 Å². The van der Waals surface area contributed by atoms with E-state index in [4.69, 9.17) is 4.74 Å². The van der Waals surface area contributed by atoms with Crippen LogP contribution in [0.3, 0.4) is 0 Å². The van der Waals surface area contributed by atoms with E-state index in [1.54, 1.807) is 6.07 Å². The molecule has 0 aliphatic carbocycles. The third-order valence-corrected chi connectivity index (χ3v) is 8.10. The first-order valence-electron chi connectivity index (χ1n) is 10.8. The second kappa shape index (κ2) is 8.12. The predicted molar refractivity (Wildman–Crippen MR) is 121 cm³/mol. The molecule has 0 unspecified atom stereocenters. The van der Waals surface area contributed by atoms with Crippen LogP contribution in [0.1, 0.15) is 21.5 Å². The largest absolute Gasteiger partial charge is 0.473 e. The van der Waals surface area contributed by atoms with Gasteiger partial charge in [-0.05, 0) is 35.7 Å². The zero-order chi connectivity index (χ0) is 23.2. The number of hydrogen-bond donors (Lipinski definition) is 3. The van der Waals surface area contributed by atoms with Gasteiger partial charge in [-0.1, -0.05) is 24.3 Å². The first kappa shape index (κ1) is 21.9. The number of nitrogens with zero attached hydrogens (tertiary/aromatic N) is 1. The Bertz CT molecular complexity index is 1220. The van der Waals surface area contributed by atoms with Crippen LogP contribution in [0.5, 0.6) is 5.75 Å². The molecule has 1 spiro atoms. The Hall–Kier alpha value is -2.95. The number of ether oxygens (including phenoxy) is 1. The van der Waals surface area contributed by atoms with Crippen LogP contribution in [0.4, 0.5) is 5.69 Å². The topological polar surface area (TPSA) is 125 Å². The van der Waals surface area contributed by atoms with Crippen LogP contribution in [0, 0.1) is 0 Å². The van der Waals surface area contributed by atoms with Crippen molar-refractivity contribution in [1.82, 2.24) is 10.2 Å². The number of hydrogen-bond acceptors (Lipinski definition) is 7. The van der Waals surface area contributed by atoms with E-state index >= 15 is 0 Å². The van der Waals surface area contributed by atoms with Crippen molar-refractivity contribution in [3.63, 3.8) is 0 Å². The van der Waals surface area contributed by atoms with Crippen molar-refractivity contribution in [1.29, 1.82) is 0 Å². The average Bonchev–Trinajstić information content (AvgIpc) is 2.76. The van der Waals surface area contributed by atoms with Crippen molar-refractivity contribution >= 4 is 27.3 Å². The van der Waals surface area contributed by atoms with Crippen molar-refractivity contribution in [3.8, 4) is 5.75 Å². The van der Waals surface area contributed by atoms with E-state index < -0.39 is 27.4 Å². The van der Waals surface area contributed by atoms with Gasteiger partial charge in [0.15, 0.2) is 9.84 Å². The molecule has 9 nitrogen and oxygen atoms in total. The van der Waals surface area contributed by atoms with E-state index in [0.717, 1.165) is 19.5 Å². The number of sulfone groups is 1. The summed E-state index contributed by atoms with van der Waals surface area (Å²) < 4.78 is 28.7. The molecule has 3 heterocycles. The van der Waals surface area contributed by atoms with Gasteiger partial charge in [-0.2, -0.15) is 0 Å². The maximum atomic E-state index is 12.6. The zero-order valence-electron chi connectivity index (χ0n) is 17.9. The molecule has 33 heavy (non-hydrogen) atoms. The summed E-state index contributed by atoms with van der Waals surface area (Å²) in [6.45, 7) is 2.18. The molecule has 0 aromatic heterocycles. The number of rotatable bonds is 5. The lowest BCUT2D eigenvalue weighted by Gasteiger charge is -2.42. The van der Waals surface area contributed by atoms with E-state index in [-0.39, 0.29) is 24.0 Å². The fourth-order valence-corrected chi connectivity index (χ4v) is 6.31. The molecule has 0 bridgehead atoms. The van der Waals surface area contributed by atoms with Gasteiger partial charge in [0.2, 0.25) is 5.60 Å². The summed E-state index contributed by atoms with van der Waals surface area (Å²) in [7, 11) is -3.26. The lowest BCUT2D eigenvalue weighted by Crippen LogP contribution is -2.67. The van der Waals surface area contributed by atoms with E-state index in [0.29, 0.717) is 23.5 Å². The van der Waals surface area contributed by atoms with Gasteiger partial charge in [-0.3, -0.25) is 14.5 Å². The number of anilines is 1.